The zero-order chi connectivity index (χ0) is 16.2. The lowest BCUT2D eigenvalue weighted by Crippen LogP contribution is -1.96. The standard InChI is InChI=1S/C23H18S/c1-2-8-18(9-3-1)15-16-22(23-14-7-17-24-23)21-13-6-11-19-10-4-5-12-20(19)21/h1-17,22H. The molecule has 0 radical (unpaired) electrons. The first kappa shape index (κ1) is 14.9. The molecular weight excluding hydrogens is 308 g/mol. The average Bonchev–Trinajstić information content (AvgIpc) is 3.17. The molecule has 0 fully saturated rings. The predicted molar refractivity (Wildman–Crippen MR) is 106 cm³/mol. The van der Waals surface area contributed by atoms with Crippen LogP contribution in [0.25, 0.3) is 16.8 Å². The molecule has 0 aliphatic rings. The largest absolute Gasteiger partial charge is 0.148 e. The van der Waals surface area contributed by atoms with Crippen LogP contribution in [-0.4, -0.2) is 0 Å². The minimum Gasteiger partial charge on any atom is -0.148 e. The van der Waals surface area contributed by atoms with Gasteiger partial charge in [0.25, 0.3) is 0 Å². The zero-order valence-corrected chi connectivity index (χ0v) is 14.1. The number of benzene rings is 3. The van der Waals surface area contributed by atoms with Gasteiger partial charge >= 0.3 is 0 Å². The maximum Gasteiger partial charge on any atom is 0.0373 e. The molecule has 1 heterocycles. The number of fused-ring (bicyclic) bond motifs is 1. The van der Waals surface area contributed by atoms with E-state index in [-0.39, 0.29) is 5.92 Å². The molecule has 1 atom stereocenters. The van der Waals surface area contributed by atoms with Crippen molar-refractivity contribution in [1.82, 2.24) is 0 Å². The highest BCUT2D eigenvalue weighted by atomic mass is 32.1. The van der Waals surface area contributed by atoms with Gasteiger partial charge in [-0.05, 0) is 33.3 Å². The van der Waals surface area contributed by atoms with Crippen LogP contribution in [0.3, 0.4) is 0 Å². The lowest BCUT2D eigenvalue weighted by atomic mass is 9.91. The fourth-order valence-electron chi connectivity index (χ4n) is 3.11. The first-order valence-electron chi connectivity index (χ1n) is 8.16. The van der Waals surface area contributed by atoms with Crippen LogP contribution in [0.15, 0.2) is 96.4 Å². The molecule has 0 saturated carbocycles. The van der Waals surface area contributed by atoms with E-state index in [2.05, 4.69) is 102 Å². The highest BCUT2D eigenvalue weighted by molar-refractivity contribution is 7.10. The van der Waals surface area contributed by atoms with Crippen LogP contribution < -0.4 is 0 Å². The molecule has 0 spiro atoms. The highest BCUT2D eigenvalue weighted by Gasteiger charge is 2.14. The van der Waals surface area contributed by atoms with Crippen molar-refractivity contribution in [2.45, 2.75) is 5.92 Å². The summed E-state index contributed by atoms with van der Waals surface area (Å²) in [5.41, 5.74) is 2.60. The van der Waals surface area contributed by atoms with Gasteiger partial charge in [-0.25, -0.2) is 0 Å². The van der Waals surface area contributed by atoms with Gasteiger partial charge in [0.2, 0.25) is 0 Å². The van der Waals surface area contributed by atoms with Crippen molar-refractivity contribution >= 4 is 28.2 Å². The third-order valence-corrected chi connectivity index (χ3v) is 5.24. The topological polar surface area (TPSA) is 0 Å². The normalized spacial score (nSPS) is 12.7. The molecule has 1 aromatic heterocycles. The zero-order valence-electron chi connectivity index (χ0n) is 13.3. The Morgan fingerprint density at radius 3 is 2.33 bits per heavy atom. The van der Waals surface area contributed by atoms with Crippen LogP contribution in [0.2, 0.25) is 0 Å². The molecule has 24 heavy (non-hydrogen) atoms. The van der Waals surface area contributed by atoms with E-state index in [1.165, 1.54) is 26.8 Å². The molecule has 0 saturated heterocycles. The van der Waals surface area contributed by atoms with Gasteiger partial charge in [0.15, 0.2) is 0 Å². The highest BCUT2D eigenvalue weighted by Crippen LogP contribution is 2.34. The molecule has 1 heteroatoms. The van der Waals surface area contributed by atoms with E-state index in [0.29, 0.717) is 0 Å². The summed E-state index contributed by atoms with van der Waals surface area (Å²) < 4.78 is 0. The van der Waals surface area contributed by atoms with E-state index in [1.807, 2.05) is 11.3 Å². The molecule has 0 N–H and O–H groups in total. The summed E-state index contributed by atoms with van der Waals surface area (Å²) >= 11 is 1.82. The van der Waals surface area contributed by atoms with Gasteiger partial charge in [-0.1, -0.05) is 91.0 Å². The second-order valence-electron chi connectivity index (χ2n) is 5.83. The quantitative estimate of drug-likeness (QED) is 0.389. The number of allylic oxidation sites excluding steroid dienone is 1. The lowest BCUT2D eigenvalue weighted by molar-refractivity contribution is 1.08. The van der Waals surface area contributed by atoms with Crippen LogP contribution in [0.1, 0.15) is 21.9 Å². The number of thiophene rings is 1. The van der Waals surface area contributed by atoms with Crippen molar-refractivity contribution in [3.05, 3.63) is 112 Å². The van der Waals surface area contributed by atoms with Crippen molar-refractivity contribution in [3.63, 3.8) is 0 Å². The molecule has 3 aromatic carbocycles. The fourth-order valence-corrected chi connectivity index (χ4v) is 3.94. The van der Waals surface area contributed by atoms with Gasteiger partial charge in [0.05, 0.1) is 0 Å². The summed E-state index contributed by atoms with van der Waals surface area (Å²) in [6, 6.07) is 30.1. The van der Waals surface area contributed by atoms with Crippen LogP contribution in [-0.2, 0) is 0 Å². The Morgan fingerprint density at radius 1 is 0.708 bits per heavy atom. The van der Waals surface area contributed by atoms with Crippen molar-refractivity contribution in [3.8, 4) is 0 Å². The lowest BCUT2D eigenvalue weighted by Gasteiger charge is -2.15. The summed E-state index contributed by atoms with van der Waals surface area (Å²) in [6.45, 7) is 0. The number of hydrogen-bond donors (Lipinski definition) is 0. The van der Waals surface area contributed by atoms with Gasteiger partial charge in [-0.15, -0.1) is 11.3 Å². The number of rotatable bonds is 4. The predicted octanol–water partition coefficient (Wildman–Crippen LogP) is 6.75. The molecule has 0 nitrogen and oxygen atoms in total. The molecule has 0 bridgehead atoms. The monoisotopic (exact) mass is 326 g/mol. The first-order valence-corrected chi connectivity index (χ1v) is 9.04. The van der Waals surface area contributed by atoms with Crippen molar-refractivity contribution in [2.24, 2.45) is 0 Å². The van der Waals surface area contributed by atoms with Crippen LogP contribution in [0, 0.1) is 0 Å². The van der Waals surface area contributed by atoms with Crippen LogP contribution >= 0.6 is 11.3 Å². The Hall–Kier alpha value is -2.64. The van der Waals surface area contributed by atoms with E-state index in [0.717, 1.165) is 0 Å². The molecule has 1 unspecified atom stereocenters. The second kappa shape index (κ2) is 6.86. The Kier molecular flexibility index (Phi) is 4.26. The van der Waals surface area contributed by atoms with Gasteiger partial charge in [0, 0.05) is 10.8 Å². The average molecular weight is 326 g/mol. The van der Waals surface area contributed by atoms with E-state index >= 15 is 0 Å². The minimum atomic E-state index is 0.274. The molecule has 4 aromatic rings. The summed E-state index contributed by atoms with van der Waals surface area (Å²) in [4.78, 5) is 1.37. The third-order valence-electron chi connectivity index (χ3n) is 4.29. The number of hydrogen-bond acceptors (Lipinski definition) is 1. The summed E-state index contributed by atoms with van der Waals surface area (Å²) in [6.07, 6.45) is 4.55. The maximum atomic E-state index is 2.32. The Labute approximate surface area is 146 Å². The van der Waals surface area contributed by atoms with Gasteiger partial charge in [-0.3, -0.25) is 0 Å². The fraction of sp³-hybridized carbons (Fsp3) is 0.0435. The third kappa shape index (κ3) is 3.04. The molecule has 0 aliphatic carbocycles. The Balaban J connectivity index is 1.83. The second-order valence-corrected chi connectivity index (χ2v) is 6.81. The van der Waals surface area contributed by atoms with Crippen molar-refractivity contribution in [2.75, 3.05) is 0 Å². The van der Waals surface area contributed by atoms with Gasteiger partial charge < -0.3 is 0 Å². The molecule has 0 aliphatic heterocycles. The van der Waals surface area contributed by atoms with Crippen LogP contribution in [0.5, 0.6) is 0 Å². The molecule has 0 amide bonds. The molecule has 116 valence electrons. The van der Waals surface area contributed by atoms with E-state index < -0.39 is 0 Å². The maximum absolute atomic E-state index is 2.32. The summed E-state index contributed by atoms with van der Waals surface area (Å²) in [5.74, 6) is 0.274. The minimum absolute atomic E-state index is 0.274. The van der Waals surface area contributed by atoms with E-state index in [4.69, 9.17) is 0 Å². The summed E-state index contributed by atoms with van der Waals surface area (Å²) in [7, 11) is 0. The molecule has 4 rings (SSSR count). The van der Waals surface area contributed by atoms with Crippen LogP contribution in [0.4, 0.5) is 0 Å². The smallest absolute Gasteiger partial charge is 0.0373 e. The van der Waals surface area contributed by atoms with Gasteiger partial charge in [-0.2, -0.15) is 0 Å². The summed E-state index contributed by atoms with van der Waals surface area (Å²) in [5, 5.41) is 4.78. The Morgan fingerprint density at radius 2 is 1.50 bits per heavy atom. The van der Waals surface area contributed by atoms with E-state index in [9.17, 15) is 0 Å². The Bertz CT molecular complexity index is 944. The van der Waals surface area contributed by atoms with Crippen molar-refractivity contribution in [1.29, 1.82) is 0 Å². The SMILES string of the molecule is C(=CC(c1cccs1)c1cccc2ccccc12)c1ccccc1. The molecular formula is C23H18S. The van der Waals surface area contributed by atoms with Crippen molar-refractivity contribution < 1.29 is 0 Å². The van der Waals surface area contributed by atoms with Gasteiger partial charge in [0.1, 0.15) is 0 Å². The van der Waals surface area contributed by atoms with E-state index in [1.54, 1.807) is 0 Å². The first-order chi connectivity index (χ1) is 11.9.